The average molecular weight is 762 g/mol. The third kappa shape index (κ3) is 7.36. The number of pyridine rings is 1. The predicted molar refractivity (Wildman–Crippen MR) is 203 cm³/mol. The van der Waals surface area contributed by atoms with Crippen molar-refractivity contribution in [2.45, 2.75) is 63.2 Å². The number of methoxy groups -OCH3 is 2. The van der Waals surface area contributed by atoms with Gasteiger partial charge in [-0.1, -0.05) is 18.4 Å². The van der Waals surface area contributed by atoms with Crippen molar-refractivity contribution in [2.75, 3.05) is 72.2 Å². The number of ether oxygens (including phenoxy) is 4. The standard InChI is InChI=1S/C40H45F2N5O6.CH4O/c1-4-28-30(41)9-8-24-17-25(48)18-29(32(24)28)35-34(42)36-33(38(43-35)51-3)37(47-13-14-52-21-26(49)20-47)45-39(44-36)53-22-40-10-5-7-31(40)46(12-6-11-40)19-23-15-27(16-23)50-2;1-2/h1,8-9,17-18,23,26-27,31,48-49H,5-7,10-16,19-22H2,2-3H3;2H,1H3. The second-order valence-corrected chi connectivity index (χ2v) is 15.0. The van der Waals surface area contributed by atoms with Gasteiger partial charge in [0.25, 0.3) is 0 Å². The molecule has 3 N–H and O–H groups in total. The van der Waals surface area contributed by atoms with Crippen LogP contribution in [0.1, 0.15) is 50.5 Å². The Labute approximate surface area is 319 Å². The molecule has 0 radical (unpaired) electrons. The second kappa shape index (κ2) is 16.4. The number of piperidine rings is 1. The Morgan fingerprint density at radius 2 is 1.85 bits per heavy atom. The van der Waals surface area contributed by atoms with Gasteiger partial charge in [-0.05, 0) is 74.6 Å². The lowest BCUT2D eigenvalue weighted by Gasteiger charge is -2.48. The van der Waals surface area contributed by atoms with E-state index in [0.717, 1.165) is 65.1 Å². The zero-order valence-electron chi connectivity index (χ0n) is 31.6. The number of aromatic hydroxyl groups is 1. The number of aromatic nitrogens is 3. The van der Waals surface area contributed by atoms with E-state index < -0.39 is 17.7 Å². The van der Waals surface area contributed by atoms with E-state index in [-0.39, 0.29) is 75.1 Å². The number of likely N-dealkylation sites (tertiary alicyclic amines) is 1. The van der Waals surface area contributed by atoms with Crippen molar-refractivity contribution in [1.82, 2.24) is 19.9 Å². The molecule has 55 heavy (non-hydrogen) atoms. The first-order chi connectivity index (χ1) is 26.7. The van der Waals surface area contributed by atoms with Crippen LogP contribution in [0.5, 0.6) is 17.6 Å². The lowest BCUT2D eigenvalue weighted by atomic mass is 9.74. The minimum Gasteiger partial charge on any atom is -0.508 e. The van der Waals surface area contributed by atoms with Crippen molar-refractivity contribution < 1.29 is 43.0 Å². The molecular formula is C41H49F2N5O7. The molecule has 2 aliphatic heterocycles. The van der Waals surface area contributed by atoms with E-state index >= 15 is 8.78 Å². The van der Waals surface area contributed by atoms with Gasteiger partial charge in [0.2, 0.25) is 5.88 Å². The van der Waals surface area contributed by atoms with Crippen molar-refractivity contribution in [2.24, 2.45) is 11.3 Å². The average Bonchev–Trinajstić information content (AvgIpc) is 3.50. The normalized spacial score (nSPS) is 25.4. The number of phenols is 1. The van der Waals surface area contributed by atoms with Gasteiger partial charge < -0.3 is 39.2 Å². The number of nitrogens with zero attached hydrogens (tertiary/aromatic N) is 5. The summed E-state index contributed by atoms with van der Waals surface area (Å²) in [5.41, 5.74) is -0.485. The SMILES string of the molecule is C#Cc1c(F)ccc2cc(O)cc(-c3nc(OC)c4c(N5CCOCC(O)C5)nc(OCC56CCCC5N(CC5CC(OC)C5)CCC6)nc4c3F)c12.CO. The number of benzene rings is 2. The molecule has 2 aromatic carbocycles. The highest BCUT2D eigenvalue weighted by Crippen LogP contribution is 2.49. The molecule has 3 atom stereocenters. The number of aliphatic hydroxyl groups excluding tert-OH is 2. The van der Waals surface area contributed by atoms with Crippen LogP contribution in [-0.2, 0) is 9.47 Å². The van der Waals surface area contributed by atoms with Crippen LogP contribution in [0.15, 0.2) is 24.3 Å². The maximum absolute atomic E-state index is 17.2. The van der Waals surface area contributed by atoms with E-state index in [0.29, 0.717) is 43.2 Å². The van der Waals surface area contributed by atoms with Crippen molar-refractivity contribution in [3.05, 3.63) is 41.5 Å². The van der Waals surface area contributed by atoms with Crippen LogP contribution in [0.4, 0.5) is 14.6 Å². The van der Waals surface area contributed by atoms with E-state index in [9.17, 15) is 10.2 Å². The number of anilines is 1. The van der Waals surface area contributed by atoms with Crippen LogP contribution in [0, 0.1) is 35.3 Å². The molecule has 8 rings (SSSR count). The molecule has 3 unspecified atom stereocenters. The fourth-order valence-corrected chi connectivity index (χ4v) is 9.25. The fraction of sp³-hybridized carbons (Fsp3) is 0.537. The summed E-state index contributed by atoms with van der Waals surface area (Å²) in [7, 11) is 4.19. The monoisotopic (exact) mass is 761 g/mol. The van der Waals surface area contributed by atoms with Crippen molar-refractivity contribution in [3.63, 3.8) is 0 Å². The Morgan fingerprint density at radius 1 is 1.05 bits per heavy atom. The molecular weight excluding hydrogens is 712 g/mol. The minimum absolute atomic E-state index is 0.00293. The minimum atomic E-state index is -0.851. The van der Waals surface area contributed by atoms with E-state index in [1.54, 1.807) is 12.0 Å². The van der Waals surface area contributed by atoms with Gasteiger partial charge in [0, 0.05) is 56.3 Å². The van der Waals surface area contributed by atoms with E-state index in [4.69, 9.17) is 35.5 Å². The zero-order chi connectivity index (χ0) is 38.9. The molecule has 4 aromatic rings. The first-order valence-electron chi connectivity index (χ1n) is 18.9. The molecule has 0 amide bonds. The number of halogens is 2. The number of aliphatic hydroxyl groups is 2. The van der Waals surface area contributed by atoms with Gasteiger partial charge in [0.1, 0.15) is 34.0 Å². The molecule has 4 heterocycles. The molecule has 2 aliphatic carbocycles. The van der Waals surface area contributed by atoms with Crippen LogP contribution in [0.3, 0.4) is 0 Å². The fourth-order valence-electron chi connectivity index (χ4n) is 9.25. The van der Waals surface area contributed by atoms with Gasteiger partial charge in [0.05, 0.1) is 44.7 Å². The summed E-state index contributed by atoms with van der Waals surface area (Å²) in [6.07, 6.45) is 12.8. The first kappa shape index (κ1) is 38.9. The summed E-state index contributed by atoms with van der Waals surface area (Å²) < 4.78 is 55.7. The van der Waals surface area contributed by atoms with Crippen LogP contribution >= 0.6 is 0 Å². The molecule has 14 heteroatoms. The van der Waals surface area contributed by atoms with Gasteiger partial charge in [-0.15, -0.1) is 6.42 Å². The van der Waals surface area contributed by atoms with Crippen LogP contribution in [0.2, 0.25) is 0 Å². The number of hydrogen-bond donors (Lipinski definition) is 3. The number of fused-ring (bicyclic) bond motifs is 3. The summed E-state index contributed by atoms with van der Waals surface area (Å²) >= 11 is 0. The summed E-state index contributed by atoms with van der Waals surface area (Å²) in [6.45, 7) is 3.44. The summed E-state index contributed by atoms with van der Waals surface area (Å²) in [4.78, 5) is 18.6. The molecule has 2 aromatic heterocycles. The Bertz CT molecular complexity index is 2080. The lowest BCUT2D eigenvalue weighted by Crippen LogP contribution is -2.54. The van der Waals surface area contributed by atoms with Gasteiger partial charge in [0.15, 0.2) is 5.82 Å². The molecule has 0 spiro atoms. The molecule has 294 valence electrons. The topological polar surface area (TPSA) is 143 Å². The van der Waals surface area contributed by atoms with E-state index in [1.165, 1.54) is 31.4 Å². The smallest absolute Gasteiger partial charge is 0.319 e. The Morgan fingerprint density at radius 3 is 2.62 bits per heavy atom. The Balaban J connectivity index is 0.00000229. The van der Waals surface area contributed by atoms with Crippen LogP contribution in [-0.4, -0.2) is 121 Å². The maximum atomic E-state index is 17.2. The zero-order valence-corrected chi connectivity index (χ0v) is 31.6. The highest BCUT2D eigenvalue weighted by atomic mass is 19.1. The summed E-state index contributed by atoms with van der Waals surface area (Å²) in [6, 6.07) is 5.76. The highest BCUT2D eigenvalue weighted by Gasteiger charge is 2.49. The van der Waals surface area contributed by atoms with Crippen molar-refractivity contribution in [1.29, 1.82) is 0 Å². The number of β-amino-alcohol motifs (C(OH)–C–C–N with tert-alkyl or cyclic N) is 1. The summed E-state index contributed by atoms with van der Waals surface area (Å²) in [5, 5.41) is 29.2. The molecule has 4 aliphatic rings. The molecule has 2 saturated carbocycles. The highest BCUT2D eigenvalue weighted by molar-refractivity contribution is 6.04. The third-order valence-corrected chi connectivity index (χ3v) is 11.8. The number of terminal acetylenes is 1. The van der Waals surface area contributed by atoms with Crippen LogP contribution < -0.4 is 14.4 Å². The first-order valence-corrected chi connectivity index (χ1v) is 18.9. The maximum Gasteiger partial charge on any atom is 0.319 e. The predicted octanol–water partition coefficient (Wildman–Crippen LogP) is 5.06. The number of hydrogen-bond acceptors (Lipinski definition) is 12. The summed E-state index contributed by atoms with van der Waals surface area (Å²) in [5.74, 6) is 1.59. The van der Waals surface area contributed by atoms with E-state index in [1.807, 2.05) is 0 Å². The van der Waals surface area contributed by atoms with E-state index in [2.05, 4.69) is 20.8 Å². The van der Waals surface area contributed by atoms with Crippen molar-refractivity contribution >= 4 is 27.5 Å². The Kier molecular flexibility index (Phi) is 11.6. The molecule has 2 saturated heterocycles. The molecule has 12 nitrogen and oxygen atoms in total. The molecule has 0 bridgehead atoms. The number of rotatable bonds is 9. The van der Waals surface area contributed by atoms with Crippen LogP contribution in [0.25, 0.3) is 32.9 Å². The largest absolute Gasteiger partial charge is 0.508 e. The van der Waals surface area contributed by atoms with Gasteiger partial charge in [-0.3, -0.25) is 4.90 Å². The Hall–Kier alpha value is -4.39. The quantitative estimate of drug-likeness (QED) is 0.196. The number of phenolic OH excluding ortho intramolecular Hbond substituents is 1. The van der Waals surface area contributed by atoms with Gasteiger partial charge in [-0.25, -0.2) is 13.8 Å². The lowest BCUT2D eigenvalue weighted by molar-refractivity contribution is -0.0457. The molecule has 4 fully saturated rings. The third-order valence-electron chi connectivity index (χ3n) is 11.8. The second-order valence-electron chi connectivity index (χ2n) is 15.0. The van der Waals surface area contributed by atoms with Gasteiger partial charge in [-0.2, -0.15) is 9.97 Å². The van der Waals surface area contributed by atoms with Gasteiger partial charge >= 0.3 is 6.01 Å². The van der Waals surface area contributed by atoms with Crippen molar-refractivity contribution in [3.8, 4) is 41.2 Å².